The topological polar surface area (TPSA) is 57.8 Å². The number of H-pyrrole nitrogens is 1. The Balaban J connectivity index is 1.90. The summed E-state index contributed by atoms with van der Waals surface area (Å²) >= 11 is 3.09. The van der Waals surface area contributed by atoms with E-state index in [-0.39, 0.29) is 15.9 Å². The van der Waals surface area contributed by atoms with Crippen LogP contribution in [0.4, 0.5) is 10.1 Å². The van der Waals surface area contributed by atoms with E-state index < -0.39 is 5.82 Å². The van der Waals surface area contributed by atoms with E-state index in [0.29, 0.717) is 5.69 Å². The van der Waals surface area contributed by atoms with Gasteiger partial charge in [-0.05, 0) is 53.2 Å². The van der Waals surface area contributed by atoms with Crippen molar-refractivity contribution in [2.24, 2.45) is 0 Å². The van der Waals surface area contributed by atoms with Crippen molar-refractivity contribution in [1.82, 2.24) is 9.97 Å². The number of anilines is 1. The second kappa shape index (κ2) is 5.29. The van der Waals surface area contributed by atoms with Gasteiger partial charge in [0.25, 0.3) is 5.91 Å². The van der Waals surface area contributed by atoms with Crippen molar-refractivity contribution in [2.45, 2.75) is 6.92 Å². The fourth-order valence-electron chi connectivity index (χ4n) is 2.09. The minimum absolute atomic E-state index is 0.154. The average molecular weight is 348 g/mol. The minimum Gasteiger partial charge on any atom is -0.342 e. The maximum Gasteiger partial charge on any atom is 0.256 e. The third kappa shape index (κ3) is 2.67. The number of nitrogens with one attached hydrogen (secondary N) is 2. The number of benzene rings is 2. The quantitative estimate of drug-likeness (QED) is 0.735. The van der Waals surface area contributed by atoms with Crippen molar-refractivity contribution in [2.75, 3.05) is 5.32 Å². The predicted octanol–water partition coefficient (Wildman–Crippen LogP) is 4.03. The Hall–Kier alpha value is -2.21. The predicted molar refractivity (Wildman–Crippen MR) is 82.9 cm³/mol. The molecule has 3 aromatic rings. The summed E-state index contributed by atoms with van der Waals surface area (Å²) in [5, 5.41) is 2.74. The highest BCUT2D eigenvalue weighted by atomic mass is 79.9. The van der Waals surface area contributed by atoms with Crippen molar-refractivity contribution >= 4 is 38.6 Å². The molecule has 0 saturated carbocycles. The first kappa shape index (κ1) is 13.8. The lowest BCUT2D eigenvalue weighted by Crippen LogP contribution is -2.13. The molecule has 0 aliphatic carbocycles. The van der Waals surface area contributed by atoms with Crippen molar-refractivity contribution in [3.8, 4) is 0 Å². The summed E-state index contributed by atoms with van der Waals surface area (Å²) in [7, 11) is 0. The molecule has 0 atom stereocenters. The summed E-state index contributed by atoms with van der Waals surface area (Å²) in [5.41, 5.74) is 2.53. The summed E-state index contributed by atoms with van der Waals surface area (Å²) in [6.07, 6.45) is 0. The first-order valence-electron chi connectivity index (χ1n) is 6.26. The van der Waals surface area contributed by atoms with Crippen LogP contribution in [0.1, 0.15) is 16.2 Å². The van der Waals surface area contributed by atoms with Crippen LogP contribution in [-0.2, 0) is 0 Å². The number of carbonyl (C=O) groups excluding carboxylic acids is 1. The van der Waals surface area contributed by atoms with Gasteiger partial charge < -0.3 is 10.3 Å². The third-order valence-electron chi connectivity index (χ3n) is 3.05. The van der Waals surface area contributed by atoms with Crippen LogP contribution in [0.2, 0.25) is 0 Å². The molecule has 4 nitrogen and oxygen atoms in total. The number of hydrogen-bond donors (Lipinski definition) is 2. The number of amides is 1. The van der Waals surface area contributed by atoms with Crippen LogP contribution < -0.4 is 5.32 Å². The second-order valence-electron chi connectivity index (χ2n) is 4.61. The van der Waals surface area contributed by atoms with Crippen LogP contribution in [0.25, 0.3) is 11.0 Å². The Kier molecular flexibility index (Phi) is 3.47. The number of aromatic nitrogens is 2. The van der Waals surface area contributed by atoms with Crippen LogP contribution in [0.3, 0.4) is 0 Å². The Morgan fingerprint density at radius 1 is 1.33 bits per heavy atom. The second-order valence-corrected chi connectivity index (χ2v) is 5.40. The molecule has 3 rings (SSSR count). The molecule has 2 aromatic carbocycles. The van der Waals surface area contributed by atoms with E-state index in [1.54, 1.807) is 18.2 Å². The van der Waals surface area contributed by atoms with E-state index in [9.17, 15) is 9.18 Å². The number of nitrogens with zero attached hydrogens (tertiary/aromatic N) is 1. The molecule has 6 heteroatoms. The van der Waals surface area contributed by atoms with Crippen molar-refractivity contribution in [3.05, 3.63) is 58.1 Å². The smallest absolute Gasteiger partial charge is 0.256 e. The number of aryl methyl sites for hydroxylation is 1. The summed E-state index contributed by atoms with van der Waals surface area (Å²) < 4.78 is 13.6. The summed E-state index contributed by atoms with van der Waals surface area (Å²) in [5.74, 6) is -0.0411. The molecular formula is C15H11BrFN3O. The van der Waals surface area contributed by atoms with Crippen LogP contribution in [-0.4, -0.2) is 15.9 Å². The van der Waals surface area contributed by atoms with E-state index in [4.69, 9.17) is 0 Å². The lowest BCUT2D eigenvalue weighted by molar-refractivity contribution is 0.102. The largest absolute Gasteiger partial charge is 0.342 e. The first-order chi connectivity index (χ1) is 10.0. The third-order valence-corrected chi connectivity index (χ3v) is 3.86. The molecular weight excluding hydrogens is 337 g/mol. The van der Waals surface area contributed by atoms with Gasteiger partial charge >= 0.3 is 0 Å². The average Bonchev–Trinajstić information content (AvgIpc) is 2.81. The highest BCUT2D eigenvalue weighted by Gasteiger charge is 2.13. The highest BCUT2D eigenvalue weighted by molar-refractivity contribution is 9.10. The number of rotatable bonds is 2. The number of aromatic amines is 1. The van der Waals surface area contributed by atoms with Gasteiger partial charge in [-0.1, -0.05) is 6.07 Å². The van der Waals surface area contributed by atoms with E-state index >= 15 is 0 Å². The first-order valence-corrected chi connectivity index (χ1v) is 7.05. The number of hydrogen-bond acceptors (Lipinski definition) is 2. The molecule has 1 heterocycles. The normalized spacial score (nSPS) is 10.8. The Labute approximate surface area is 128 Å². The van der Waals surface area contributed by atoms with E-state index in [0.717, 1.165) is 16.9 Å². The fraction of sp³-hybridized carbons (Fsp3) is 0.0667. The Morgan fingerprint density at radius 2 is 2.14 bits per heavy atom. The number of imidazole rings is 1. The van der Waals surface area contributed by atoms with Gasteiger partial charge in [0.05, 0.1) is 21.1 Å². The van der Waals surface area contributed by atoms with E-state index in [1.807, 2.05) is 13.0 Å². The fourth-order valence-corrected chi connectivity index (χ4v) is 2.54. The van der Waals surface area contributed by atoms with Crippen molar-refractivity contribution in [3.63, 3.8) is 0 Å². The summed E-state index contributed by atoms with van der Waals surface area (Å²) in [6.45, 7) is 1.86. The molecule has 2 N–H and O–H groups in total. The van der Waals surface area contributed by atoms with Gasteiger partial charge in [-0.2, -0.15) is 0 Å². The Morgan fingerprint density at radius 3 is 2.95 bits per heavy atom. The monoisotopic (exact) mass is 347 g/mol. The lowest BCUT2D eigenvalue weighted by Gasteiger charge is -2.07. The van der Waals surface area contributed by atoms with Gasteiger partial charge in [0.1, 0.15) is 11.6 Å². The molecule has 0 bridgehead atoms. The molecule has 0 saturated heterocycles. The molecule has 0 aliphatic heterocycles. The summed E-state index contributed by atoms with van der Waals surface area (Å²) in [6, 6.07) is 9.71. The summed E-state index contributed by atoms with van der Waals surface area (Å²) in [4.78, 5) is 19.6. The molecule has 1 aromatic heterocycles. The van der Waals surface area contributed by atoms with Gasteiger partial charge in [-0.25, -0.2) is 9.37 Å². The van der Waals surface area contributed by atoms with Gasteiger partial charge in [0, 0.05) is 5.69 Å². The van der Waals surface area contributed by atoms with Gasteiger partial charge in [-0.3, -0.25) is 4.79 Å². The van der Waals surface area contributed by atoms with Crippen LogP contribution in [0.15, 0.2) is 40.9 Å². The number of halogens is 2. The molecule has 106 valence electrons. The van der Waals surface area contributed by atoms with Crippen LogP contribution in [0, 0.1) is 12.7 Å². The number of fused-ring (bicyclic) bond motifs is 1. The molecule has 0 unspecified atom stereocenters. The Bertz CT molecular complexity index is 844. The van der Waals surface area contributed by atoms with Gasteiger partial charge in [0.2, 0.25) is 0 Å². The molecule has 0 spiro atoms. The van der Waals surface area contributed by atoms with E-state index in [2.05, 4.69) is 31.2 Å². The van der Waals surface area contributed by atoms with Gasteiger partial charge in [-0.15, -0.1) is 0 Å². The minimum atomic E-state index is -0.470. The molecule has 0 radical (unpaired) electrons. The van der Waals surface area contributed by atoms with Gasteiger partial charge in [0.15, 0.2) is 0 Å². The molecule has 1 amide bonds. The van der Waals surface area contributed by atoms with Crippen LogP contribution >= 0.6 is 15.9 Å². The maximum absolute atomic E-state index is 13.4. The van der Waals surface area contributed by atoms with E-state index in [1.165, 1.54) is 12.1 Å². The molecule has 21 heavy (non-hydrogen) atoms. The van der Waals surface area contributed by atoms with Crippen molar-refractivity contribution < 1.29 is 9.18 Å². The SMILES string of the molecule is Cc1nc2ccc(NC(=O)c3cccc(F)c3Br)cc2[nH]1. The molecule has 0 aliphatic rings. The zero-order valence-electron chi connectivity index (χ0n) is 11.1. The zero-order chi connectivity index (χ0) is 15.0. The standard InChI is InChI=1S/C15H11BrFN3O/c1-8-18-12-6-5-9(7-13(12)19-8)20-15(21)10-3-2-4-11(17)14(10)16/h2-7H,1H3,(H,18,19)(H,20,21). The van der Waals surface area contributed by atoms with Crippen LogP contribution in [0.5, 0.6) is 0 Å². The van der Waals surface area contributed by atoms with Crippen molar-refractivity contribution in [1.29, 1.82) is 0 Å². The zero-order valence-corrected chi connectivity index (χ0v) is 12.7. The highest BCUT2D eigenvalue weighted by Crippen LogP contribution is 2.22. The lowest BCUT2D eigenvalue weighted by atomic mass is 10.2. The molecule has 0 fully saturated rings. The number of carbonyl (C=O) groups is 1. The maximum atomic E-state index is 13.4.